The minimum absolute atomic E-state index is 0.210. The molecule has 1 aromatic heterocycles. The molecule has 8 nitrogen and oxygen atoms in total. The number of fused-ring (bicyclic) bond motifs is 1. The predicted octanol–water partition coefficient (Wildman–Crippen LogP) is 1.75. The Morgan fingerprint density at radius 1 is 1.00 bits per heavy atom. The highest BCUT2D eigenvalue weighted by Gasteiger charge is 2.41. The Morgan fingerprint density at radius 2 is 1.80 bits per heavy atom. The molecule has 0 saturated carbocycles. The number of piperidine rings is 1. The van der Waals surface area contributed by atoms with Gasteiger partial charge in [-0.25, -0.2) is 0 Å². The lowest BCUT2D eigenvalue weighted by molar-refractivity contribution is -0.131. The molecule has 3 fully saturated rings. The topological polar surface area (TPSA) is 71.3 Å². The minimum atomic E-state index is -0.264. The number of hydrogen-bond donors (Lipinski definition) is 0. The van der Waals surface area contributed by atoms with Gasteiger partial charge in [0.1, 0.15) is 5.52 Å². The number of nitrogens with zero attached hydrogens (tertiary/aromatic N) is 4. The van der Waals surface area contributed by atoms with E-state index in [1.165, 1.54) is 0 Å². The Labute approximate surface area is 176 Å². The van der Waals surface area contributed by atoms with Crippen molar-refractivity contribution in [3.8, 4) is 0 Å². The maximum Gasteiger partial charge on any atom is 0.298 e. The summed E-state index contributed by atoms with van der Waals surface area (Å²) in [6.07, 6.45) is 2.21. The molecule has 0 bridgehead atoms. The van der Waals surface area contributed by atoms with E-state index < -0.39 is 0 Å². The largest absolute Gasteiger partial charge is 0.423 e. The first-order valence-electron chi connectivity index (χ1n) is 11.0. The highest BCUT2D eigenvalue weighted by atomic mass is 16.5. The zero-order chi connectivity index (χ0) is 20.4. The van der Waals surface area contributed by atoms with Gasteiger partial charge in [-0.05, 0) is 25.0 Å². The van der Waals surface area contributed by atoms with Gasteiger partial charge in [-0.3, -0.25) is 9.69 Å². The lowest BCUT2D eigenvalue weighted by atomic mass is 9.90. The number of hydrogen-bond acceptors (Lipinski definition) is 7. The first-order chi connectivity index (χ1) is 14.7. The molecule has 3 aliphatic rings. The maximum absolute atomic E-state index is 12.7. The van der Waals surface area contributed by atoms with Gasteiger partial charge >= 0.3 is 0 Å². The van der Waals surface area contributed by atoms with Gasteiger partial charge in [0.2, 0.25) is 5.91 Å². The summed E-state index contributed by atoms with van der Waals surface area (Å²) in [5, 5.41) is 0. The summed E-state index contributed by atoms with van der Waals surface area (Å²) in [5.74, 6) is 0.210. The van der Waals surface area contributed by atoms with E-state index in [0.29, 0.717) is 25.6 Å². The summed E-state index contributed by atoms with van der Waals surface area (Å²) in [7, 11) is 0. The molecule has 0 atom stereocenters. The SMILES string of the molecule is O=C1CCOC2(CCN(c3nc4ccccc4o3)CC2)CN1CCN1CCOCC1. The Hall–Kier alpha value is -2.16. The van der Waals surface area contributed by atoms with Crippen molar-refractivity contribution in [2.45, 2.75) is 24.9 Å². The average molecular weight is 415 g/mol. The number of ether oxygens (including phenoxy) is 2. The number of aromatic nitrogens is 1. The van der Waals surface area contributed by atoms with E-state index in [9.17, 15) is 4.79 Å². The van der Waals surface area contributed by atoms with E-state index >= 15 is 0 Å². The molecule has 5 rings (SSSR count). The van der Waals surface area contributed by atoms with E-state index in [1.54, 1.807) is 0 Å². The number of rotatable bonds is 4. The first kappa shape index (κ1) is 19.8. The molecule has 3 aliphatic heterocycles. The van der Waals surface area contributed by atoms with Crippen LogP contribution in [0.15, 0.2) is 28.7 Å². The van der Waals surface area contributed by atoms with E-state index in [-0.39, 0.29) is 11.5 Å². The normalized spacial score (nSPS) is 23.3. The van der Waals surface area contributed by atoms with Crippen LogP contribution >= 0.6 is 0 Å². The molecule has 0 radical (unpaired) electrons. The number of benzene rings is 1. The molecule has 2 aromatic rings. The number of amides is 1. The third-order valence-corrected chi connectivity index (χ3v) is 6.57. The molecular weight excluding hydrogens is 384 g/mol. The van der Waals surface area contributed by atoms with Gasteiger partial charge in [0.05, 0.1) is 31.8 Å². The lowest BCUT2D eigenvalue weighted by Gasteiger charge is -2.42. The van der Waals surface area contributed by atoms with Crippen LogP contribution in [0.4, 0.5) is 6.01 Å². The standard InChI is InChI=1S/C22H30N4O4/c27-20-5-14-29-22(17-26(20)11-10-24-12-15-28-16-13-24)6-8-25(9-7-22)21-23-18-3-1-2-4-19(18)30-21/h1-4H,5-17H2. The van der Waals surface area contributed by atoms with Crippen LogP contribution in [0.25, 0.3) is 11.1 Å². The van der Waals surface area contributed by atoms with Crippen molar-refractivity contribution in [1.29, 1.82) is 0 Å². The van der Waals surface area contributed by atoms with Crippen LogP contribution in [0.5, 0.6) is 0 Å². The van der Waals surface area contributed by atoms with Gasteiger partial charge in [-0.2, -0.15) is 4.98 Å². The second-order valence-electron chi connectivity index (χ2n) is 8.50. The van der Waals surface area contributed by atoms with Crippen molar-refractivity contribution < 1.29 is 18.7 Å². The molecule has 30 heavy (non-hydrogen) atoms. The third kappa shape index (κ3) is 4.17. The van der Waals surface area contributed by atoms with Crippen LogP contribution < -0.4 is 4.90 Å². The quantitative estimate of drug-likeness (QED) is 0.755. The van der Waals surface area contributed by atoms with Gasteiger partial charge < -0.3 is 23.7 Å². The summed E-state index contributed by atoms with van der Waals surface area (Å²) in [6, 6.07) is 8.54. The fourth-order valence-electron chi connectivity index (χ4n) is 4.69. The van der Waals surface area contributed by atoms with Crippen LogP contribution in [0.2, 0.25) is 0 Å². The van der Waals surface area contributed by atoms with E-state index in [0.717, 1.165) is 76.4 Å². The smallest absolute Gasteiger partial charge is 0.298 e. The van der Waals surface area contributed by atoms with Crippen LogP contribution in [-0.2, 0) is 14.3 Å². The number of carbonyl (C=O) groups is 1. The van der Waals surface area contributed by atoms with Crippen LogP contribution in [0.1, 0.15) is 19.3 Å². The van der Waals surface area contributed by atoms with Crippen LogP contribution in [-0.4, -0.2) is 91.9 Å². The zero-order valence-corrected chi connectivity index (χ0v) is 17.4. The molecule has 0 unspecified atom stereocenters. The van der Waals surface area contributed by atoms with Crippen LogP contribution in [0, 0.1) is 0 Å². The number of carbonyl (C=O) groups excluding carboxylic acids is 1. The Balaban J connectivity index is 1.22. The number of oxazole rings is 1. The Kier molecular flexibility index (Phi) is 5.62. The lowest BCUT2D eigenvalue weighted by Crippen LogP contribution is -2.53. The molecule has 0 N–H and O–H groups in total. The van der Waals surface area contributed by atoms with Gasteiger partial charge in [-0.15, -0.1) is 0 Å². The third-order valence-electron chi connectivity index (χ3n) is 6.57. The van der Waals surface area contributed by atoms with Crippen molar-refractivity contribution in [1.82, 2.24) is 14.8 Å². The summed E-state index contributed by atoms with van der Waals surface area (Å²) in [4.78, 5) is 23.9. The van der Waals surface area contributed by atoms with Crippen molar-refractivity contribution in [3.63, 3.8) is 0 Å². The predicted molar refractivity (Wildman–Crippen MR) is 113 cm³/mol. The van der Waals surface area contributed by atoms with Gasteiger partial charge in [0, 0.05) is 45.8 Å². The van der Waals surface area contributed by atoms with Crippen molar-refractivity contribution >= 4 is 23.0 Å². The van der Waals surface area contributed by atoms with Crippen molar-refractivity contribution in [2.24, 2.45) is 0 Å². The summed E-state index contributed by atoms with van der Waals surface area (Å²) < 4.78 is 17.7. The fraction of sp³-hybridized carbons (Fsp3) is 0.636. The molecule has 0 aliphatic carbocycles. The molecule has 4 heterocycles. The second-order valence-corrected chi connectivity index (χ2v) is 8.50. The van der Waals surface area contributed by atoms with Gasteiger partial charge in [0.25, 0.3) is 6.01 Å². The average Bonchev–Trinajstić information content (AvgIpc) is 3.15. The molecular formula is C22H30N4O4. The number of morpholine rings is 1. The number of anilines is 1. The summed E-state index contributed by atoms with van der Waals surface area (Å²) in [5.41, 5.74) is 1.44. The molecule has 1 aromatic carbocycles. The molecule has 162 valence electrons. The molecule has 1 spiro atoms. The van der Waals surface area contributed by atoms with Crippen molar-refractivity contribution in [3.05, 3.63) is 24.3 Å². The molecule has 3 saturated heterocycles. The molecule has 8 heteroatoms. The zero-order valence-electron chi connectivity index (χ0n) is 17.4. The maximum atomic E-state index is 12.7. The first-order valence-corrected chi connectivity index (χ1v) is 11.0. The van der Waals surface area contributed by atoms with E-state index in [4.69, 9.17) is 13.9 Å². The van der Waals surface area contributed by atoms with E-state index in [1.807, 2.05) is 29.2 Å². The Bertz CT molecular complexity index is 838. The second kappa shape index (κ2) is 8.53. The van der Waals surface area contributed by atoms with Crippen molar-refractivity contribution in [2.75, 3.05) is 70.5 Å². The molecule has 1 amide bonds. The van der Waals surface area contributed by atoms with Crippen LogP contribution in [0.3, 0.4) is 0 Å². The minimum Gasteiger partial charge on any atom is -0.423 e. The highest BCUT2D eigenvalue weighted by molar-refractivity contribution is 5.76. The fourth-order valence-corrected chi connectivity index (χ4v) is 4.69. The monoisotopic (exact) mass is 414 g/mol. The van der Waals surface area contributed by atoms with Gasteiger partial charge in [0.15, 0.2) is 5.58 Å². The van der Waals surface area contributed by atoms with E-state index in [2.05, 4.69) is 14.8 Å². The van der Waals surface area contributed by atoms with Gasteiger partial charge in [-0.1, -0.05) is 12.1 Å². The summed E-state index contributed by atoms with van der Waals surface area (Å²) in [6.45, 7) is 7.95. The summed E-state index contributed by atoms with van der Waals surface area (Å²) >= 11 is 0. The highest BCUT2D eigenvalue weighted by Crippen LogP contribution is 2.33. The Morgan fingerprint density at radius 3 is 2.60 bits per heavy atom. The number of para-hydroxylation sites is 2.